The molecule has 0 aliphatic carbocycles. The van der Waals surface area contributed by atoms with Crippen LogP contribution in [0.2, 0.25) is 5.02 Å². The number of hydrogen-bond acceptors (Lipinski definition) is 3. The van der Waals surface area contributed by atoms with Gasteiger partial charge in [-0.3, -0.25) is 0 Å². The molecular weight excluding hydrogens is 272 g/mol. The summed E-state index contributed by atoms with van der Waals surface area (Å²) < 4.78 is 5.95. The highest BCUT2D eigenvalue weighted by Gasteiger charge is 2.18. The first-order valence-corrected chi connectivity index (χ1v) is 7.90. The van der Waals surface area contributed by atoms with Crippen molar-refractivity contribution in [1.29, 1.82) is 0 Å². The fourth-order valence-electron chi connectivity index (χ4n) is 2.85. The maximum atomic E-state index is 6.02. The average molecular weight is 297 g/mol. The topological polar surface area (TPSA) is 38.5 Å². The smallest absolute Gasteiger partial charge is 0.122 e. The van der Waals surface area contributed by atoms with Crippen LogP contribution >= 0.6 is 11.6 Å². The lowest BCUT2D eigenvalue weighted by molar-refractivity contribution is 0.153. The van der Waals surface area contributed by atoms with E-state index in [4.69, 9.17) is 22.1 Å². The molecule has 1 atom stereocenters. The molecule has 0 amide bonds. The van der Waals surface area contributed by atoms with Crippen LogP contribution in [0.4, 0.5) is 0 Å². The highest BCUT2D eigenvalue weighted by Crippen LogP contribution is 2.24. The Kier molecular flexibility index (Phi) is 6.14. The Hall–Kier alpha value is -0.770. The molecule has 1 aromatic rings. The summed E-state index contributed by atoms with van der Waals surface area (Å²) in [6, 6.07) is 6.45. The van der Waals surface area contributed by atoms with Gasteiger partial charge in [0.05, 0.1) is 6.61 Å². The number of halogens is 1. The van der Waals surface area contributed by atoms with Gasteiger partial charge in [-0.1, -0.05) is 18.0 Å². The van der Waals surface area contributed by atoms with Crippen molar-refractivity contribution < 1.29 is 4.74 Å². The average Bonchev–Trinajstić information content (AvgIpc) is 2.43. The van der Waals surface area contributed by atoms with Gasteiger partial charge >= 0.3 is 0 Å². The summed E-state index contributed by atoms with van der Waals surface area (Å²) in [6.45, 7) is 2.58. The predicted octanol–water partition coefficient (Wildman–Crippen LogP) is 3.09. The third-order valence-corrected chi connectivity index (χ3v) is 4.30. The molecule has 0 spiro atoms. The summed E-state index contributed by atoms with van der Waals surface area (Å²) in [5, 5.41) is 0.743. The lowest BCUT2D eigenvalue weighted by Crippen LogP contribution is -2.37. The van der Waals surface area contributed by atoms with Crippen molar-refractivity contribution in [2.45, 2.75) is 38.1 Å². The van der Waals surface area contributed by atoms with Gasteiger partial charge in [-0.15, -0.1) is 0 Å². The van der Waals surface area contributed by atoms with Gasteiger partial charge in [-0.2, -0.15) is 0 Å². The second-order valence-electron chi connectivity index (χ2n) is 5.56. The molecule has 1 unspecified atom stereocenters. The predicted molar refractivity (Wildman–Crippen MR) is 84.6 cm³/mol. The van der Waals surface area contributed by atoms with Crippen LogP contribution in [-0.2, 0) is 6.42 Å². The molecule has 20 heavy (non-hydrogen) atoms. The van der Waals surface area contributed by atoms with E-state index in [9.17, 15) is 0 Å². The van der Waals surface area contributed by atoms with E-state index < -0.39 is 0 Å². The minimum absolute atomic E-state index is 0.613. The van der Waals surface area contributed by atoms with Crippen LogP contribution < -0.4 is 10.5 Å². The summed E-state index contributed by atoms with van der Waals surface area (Å²) in [5.74, 6) is 0.929. The quantitative estimate of drug-likeness (QED) is 0.877. The number of rotatable bonds is 6. The van der Waals surface area contributed by atoms with Crippen LogP contribution in [0.5, 0.6) is 5.75 Å². The molecule has 1 fully saturated rings. The number of nitrogens with two attached hydrogens (primary N) is 1. The highest BCUT2D eigenvalue weighted by molar-refractivity contribution is 6.30. The first-order chi connectivity index (χ1) is 9.70. The van der Waals surface area contributed by atoms with Crippen molar-refractivity contribution in [2.75, 3.05) is 26.7 Å². The molecule has 0 aromatic heterocycles. The second kappa shape index (κ2) is 7.87. The van der Waals surface area contributed by atoms with E-state index in [0.717, 1.165) is 35.8 Å². The summed E-state index contributed by atoms with van der Waals surface area (Å²) in [5.41, 5.74) is 6.75. The van der Waals surface area contributed by atoms with Gasteiger partial charge in [-0.05, 0) is 69.6 Å². The maximum absolute atomic E-state index is 6.02. The van der Waals surface area contributed by atoms with Crippen LogP contribution in [-0.4, -0.2) is 37.7 Å². The summed E-state index contributed by atoms with van der Waals surface area (Å²) in [6.07, 6.45) is 5.84. The van der Waals surface area contributed by atoms with Crippen molar-refractivity contribution in [3.8, 4) is 5.75 Å². The van der Waals surface area contributed by atoms with Crippen molar-refractivity contribution >= 4 is 11.6 Å². The normalized spacial score (nSPS) is 20.1. The third kappa shape index (κ3) is 4.37. The van der Waals surface area contributed by atoms with Crippen LogP contribution in [0.15, 0.2) is 18.2 Å². The molecular formula is C16H25ClN2O. The molecule has 1 aliphatic heterocycles. The van der Waals surface area contributed by atoms with Gasteiger partial charge < -0.3 is 15.4 Å². The van der Waals surface area contributed by atoms with Crippen LogP contribution in [0, 0.1) is 0 Å². The number of ether oxygens (including phenoxy) is 1. The minimum Gasteiger partial charge on any atom is -0.493 e. The fraction of sp³-hybridized carbons (Fsp3) is 0.625. The number of nitrogens with zero attached hydrogens (tertiary/aromatic N) is 1. The Morgan fingerprint density at radius 2 is 2.25 bits per heavy atom. The van der Waals surface area contributed by atoms with Gasteiger partial charge in [0.15, 0.2) is 0 Å². The Balaban J connectivity index is 1.87. The standard InChI is InChI=1S/C16H25ClN2O/c1-19-10-3-2-4-15(19)8-11-20-16-6-5-14(17)12-13(16)7-9-18/h5-6,12,15H,2-4,7-11,18H2,1H3. The number of piperidine rings is 1. The minimum atomic E-state index is 0.613. The molecule has 3 nitrogen and oxygen atoms in total. The second-order valence-corrected chi connectivity index (χ2v) is 5.99. The van der Waals surface area contributed by atoms with E-state index in [1.54, 1.807) is 0 Å². The molecule has 1 aliphatic rings. The van der Waals surface area contributed by atoms with Gasteiger partial charge in [0, 0.05) is 11.1 Å². The monoisotopic (exact) mass is 296 g/mol. The van der Waals surface area contributed by atoms with E-state index in [1.165, 1.54) is 25.8 Å². The van der Waals surface area contributed by atoms with Crippen molar-refractivity contribution in [3.05, 3.63) is 28.8 Å². The van der Waals surface area contributed by atoms with E-state index in [1.807, 2.05) is 18.2 Å². The largest absolute Gasteiger partial charge is 0.493 e. The van der Waals surface area contributed by atoms with Crippen LogP contribution in [0.3, 0.4) is 0 Å². The number of likely N-dealkylation sites (tertiary alicyclic amines) is 1. The van der Waals surface area contributed by atoms with Gasteiger partial charge in [0.1, 0.15) is 5.75 Å². The fourth-order valence-corrected chi connectivity index (χ4v) is 3.05. The summed E-state index contributed by atoms with van der Waals surface area (Å²) >= 11 is 6.02. The Morgan fingerprint density at radius 3 is 3.00 bits per heavy atom. The third-order valence-electron chi connectivity index (χ3n) is 4.07. The first kappa shape index (κ1) is 15.6. The molecule has 4 heteroatoms. The molecule has 2 rings (SSSR count). The van der Waals surface area contributed by atoms with Gasteiger partial charge in [0.25, 0.3) is 0 Å². The SMILES string of the molecule is CN1CCCCC1CCOc1ccc(Cl)cc1CCN. The van der Waals surface area contributed by atoms with Gasteiger partial charge in [0.2, 0.25) is 0 Å². The Morgan fingerprint density at radius 1 is 1.40 bits per heavy atom. The first-order valence-electron chi connectivity index (χ1n) is 7.52. The molecule has 0 radical (unpaired) electrons. The summed E-state index contributed by atoms with van der Waals surface area (Å²) in [7, 11) is 2.21. The summed E-state index contributed by atoms with van der Waals surface area (Å²) in [4.78, 5) is 2.45. The lowest BCUT2D eigenvalue weighted by Gasteiger charge is -2.32. The molecule has 0 bridgehead atoms. The molecule has 1 aromatic carbocycles. The van der Waals surface area contributed by atoms with E-state index in [2.05, 4.69) is 11.9 Å². The zero-order valence-electron chi connectivity index (χ0n) is 12.3. The molecule has 1 saturated heterocycles. The molecule has 1 heterocycles. The van der Waals surface area contributed by atoms with Crippen molar-refractivity contribution in [2.24, 2.45) is 5.73 Å². The molecule has 0 saturated carbocycles. The van der Waals surface area contributed by atoms with Crippen molar-refractivity contribution in [1.82, 2.24) is 4.90 Å². The van der Waals surface area contributed by atoms with E-state index in [-0.39, 0.29) is 0 Å². The molecule has 112 valence electrons. The Labute approximate surface area is 127 Å². The lowest BCUT2D eigenvalue weighted by atomic mass is 10.0. The Bertz CT molecular complexity index is 425. The van der Waals surface area contributed by atoms with Crippen molar-refractivity contribution in [3.63, 3.8) is 0 Å². The zero-order chi connectivity index (χ0) is 14.4. The van der Waals surface area contributed by atoms with Crippen LogP contribution in [0.25, 0.3) is 0 Å². The number of benzene rings is 1. The highest BCUT2D eigenvalue weighted by atomic mass is 35.5. The van der Waals surface area contributed by atoms with E-state index >= 15 is 0 Å². The van der Waals surface area contributed by atoms with E-state index in [0.29, 0.717) is 12.6 Å². The maximum Gasteiger partial charge on any atom is 0.122 e. The van der Waals surface area contributed by atoms with Crippen LogP contribution in [0.1, 0.15) is 31.2 Å². The molecule has 2 N–H and O–H groups in total. The zero-order valence-corrected chi connectivity index (χ0v) is 13.0. The number of hydrogen-bond donors (Lipinski definition) is 1. The van der Waals surface area contributed by atoms with Gasteiger partial charge in [-0.25, -0.2) is 0 Å².